The maximum Gasteiger partial charge on any atom is 0.251 e. The SMILES string of the molecule is C=C=CC(=O)NC1CCC(C(C)C)CC1. The van der Waals surface area contributed by atoms with Gasteiger partial charge in [-0.15, -0.1) is 5.73 Å². The first-order valence-corrected chi connectivity index (χ1v) is 5.79. The molecule has 0 radical (unpaired) electrons. The highest BCUT2D eigenvalue weighted by molar-refractivity contribution is 5.87. The van der Waals surface area contributed by atoms with E-state index in [1.54, 1.807) is 0 Å². The van der Waals surface area contributed by atoms with E-state index in [4.69, 9.17) is 0 Å². The lowest BCUT2D eigenvalue weighted by atomic mass is 9.80. The van der Waals surface area contributed by atoms with Gasteiger partial charge in [-0.1, -0.05) is 20.4 Å². The van der Waals surface area contributed by atoms with Crippen LogP contribution in [0.1, 0.15) is 39.5 Å². The van der Waals surface area contributed by atoms with E-state index in [2.05, 4.69) is 31.5 Å². The smallest absolute Gasteiger partial charge is 0.251 e. The lowest BCUT2D eigenvalue weighted by molar-refractivity contribution is -0.117. The third-order valence-corrected chi connectivity index (χ3v) is 3.29. The molecule has 2 nitrogen and oxygen atoms in total. The van der Waals surface area contributed by atoms with Gasteiger partial charge < -0.3 is 5.32 Å². The number of hydrogen-bond donors (Lipinski definition) is 1. The molecule has 0 heterocycles. The van der Waals surface area contributed by atoms with Crippen molar-refractivity contribution in [2.45, 2.75) is 45.6 Å². The zero-order valence-electron chi connectivity index (χ0n) is 9.75. The third kappa shape index (κ3) is 3.93. The Kier molecular flexibility index (Phi) is 4.64. The summed E-state index contributed by atoms with van der Waals surface area (Å²) >= 11 is 0. The zero-order chi connectivity index (χ0) is 11.3. The van der Waals surface area contributed by atoms with E-state index in [1.807, 2.05) is 0 Å². The van der Waals surface area contributed by atoms with Crippen LogP contribution in [0.5, 0.6) is 0 Å². The zero-order valence-corrected chi connectivity index (χ0v) is 9.75. The molecule has 0 atom stereocenters. The minimum absolute atomic E-state index is 0.0574. The summed E-state index contributed by atoms with van der Waals surface area (Å²) in [6, 6.07) is 0.358. The molecule has 1 aliphatic rings. The van der Waals surface area contributed by atoms with Gasteiger partial charge in [0.1, 0.15) is 0 Å². The van der Waals surface area contributed by atoms with Crippen LogP contribution in [-0.4, -0.2) is 11.9 Å². The van der Waals surface area contributed by atoms with E-state index in [0.29, 0.717) is 6.04 Å². The number of hydrogen-bond acceptors (Lipinski definition) is 1. The van der Waals surface area contributed by atoms with Crippen LogP contribution in [0.25, 0.3) is 0 Å². The van der Waals surface area contributed by atoms with Gasteiger partial charge in [0.2, 0.25) is 0 Å². The Hall–Kier alpha value is -1.01. The molecule has 1 N–H and O–H groups in total. The summed E-state index contributed by atoms with van der Waals surface area (Å²) in [5.41, 5.74) is 2.50. The van der Waals surface area contributed by atoms with Gasteiger partial charge in [-0.2, -0.15) is 0 Å². The molecule has 1 fully saturated rings. The Morgan fingerprint density at radius 2 is 2.00 bits per heavy atom. The lowest BCUT2D eigenvalue weighted by Gasteiger charge is -2.30. The second-order valence-corrected chi connectivity index (χ2v) is 4.71. The molecule has 2 heteroatoms. The molecule has 1 aliphatic carbocycles. The van der Waals surface area contributed by atoms with Crippen LogP contribution < -0.4 is 5.32 Å². The molecule has 0 aromatic carbocycles. The molecule has 0 spiro atoms. The quantitative estimate of drug-likeness (QED) is 0.559. The second kappa shape index (κ2) is 5.77. The molecule has 0 unspecified atom stereocenters. The third-order valence-electron chi connectivity index (χ3n) is 3.29. The molecular weight excluding hydrogens is 186 g/mol. The van der Waals surface area contributed by atoms with Crippen molar-refractivity contribution in [2.75, 3.05) is 0 Å². The van der Waals surface area contributed by atoms with Crippen LogP contribution in [0.2, 0.25) is 0 Å². The molecule has 0 aromatic rings. The molecule has 0 aliphatic heterocycles. The van der Waals surface area contributed by atoms with E-state index < -0.39 is 0 Å². The largest absolute Gasteiger partial charge is 0.349 e. The van der Waals surface area contributed by atoms with Crippen LogP contribution in [0.4, 0.5) is 0 Å². The van der Waals surface area contributed by atoms with Crippen molar-refractivity contribution in [1.29, 1.82) is 0 Å². The van der Waals surface area contributed by atoms with E-state index in [0.717, 1.165) is 24.7 Å². The Morgan fingerprint density at radius 3 is 2.47 bits per heavy atom. The van der Waals surface area contributed by atoms with Gasteiger partial charge in [-0.05, 0) is 37.5 Å². The number of amides is 1. The van der Waals surface area contributed by atoms with E-state index in [1.165, 1.54) is 18.9 Å². The molecule has 1 rings (SSSR count). The van der Waals surface area contributed by atoms with Crippen LogP contribution >= 0.6 is 0 Å². The van der Waals surface area contributed by atoms with Crippen LogP contribution in [-0.2, 0) is 4.79 Å². The Bertz CT molecular complexity index is 256. The number of rotatable bonds is 3. The normalized spacial score (nSPS) is 25.8. The minimum Gasteiger partial charge on any atom is -0.349 e. The molecule has 15 heavy (non-hydrogen) atoms. The van der Waals surface area contributed by atoms with Crippen LogP contribution in [0.15, 0.2) is 18.4 Å². The Labute approximate surface area is 92.4 Å². The maximum absolute atomic E-state index is 11.3. The highest BCUT2D eigenvalue weighted by atomic mass is 16.1. The van der Waals surface area contributed by atoms with Gasteiger partial charge >= 0.3 is 0 Å². The summed E-state index contributed by atoms with van der Waals surface area (Å²) in [5, 5.41) is 2.98. The molecule has 0 bridgehead atoms. The van der Waals surface area contributed by atoms with Crippen molar-refractivity contribution in [3.8, 4) is 0 Å². The first-order chi connectivity index (χ1) is 7.13. The Balaban J connectivity index is 2.31. The van der Waals surface area contributed by atoms with E-state index in [-0.39, 0.29) is 5.91 Å². The lowest BCUT2D eigenvalue weighted by Crippen LogP contribution is -2.37. The van der Waals surface area contributed by atoms with Crippen molar-refractivity contribution in [1.82, 2.24) is 5.32 Å². The molecule has 0 saturated heterocycles. The highest BCUT2D eigenvalue weighted by Crippen LogP contribution is 2.29. The van der Waals surface area contributed by atoms with Crippen molar-refractivity contribution in [3.63, 3.8) is 0 Å². The summed E-state index contributed by atoms with van der Waals surface area (Å²) in [4.78, 5) is 11.3. The topological polar surface area (TPSA) is 29.1 Å². The van der Waals surface area contributed by atoms with Gasteiger partial charge in [0.15, 0.2) is 0 Å². The van der Waals surface area contributed by atoms with Crippen LogP contribution in [0.3, 0.4) is 0 Å². The van der Waals surface area contributed by atoms with Crippen LogP contribution in [0, 0.1) is 11.8 Å². The molecule has 1 saturated carbocycles. The first kappa shape index (κ1) is 12.1. The second-order valence-electron chi connectivity index (χ2n) is 4.71. The van der Waals surface area contributed by atoms with E-state index in [9.17, 15) is 4.79 Å². The monoisotopic (exact) mass is 207 g/mol. The molecule has 0 aromatic heterocycles. The fourth-order valence-electron chi connectivity index (χ4n) is 2.27. The summed E-state index contributed by atoms with van der Waals surface area (Å²) < 4.78 is 0. The predicted octanol–water partition coefficient (Wildman–Crippen LogP) is 2.66. The predicted molar refractivity (Wildman–Crippen MR) is 62.4 cm³/mol. The fraction of sp³-hybridized carbons (Fsp3) is 0.692. The maximum atomic E-state index is 11.3. The Morgan fingerprint density at radius 1 is 1.40 bits per heavy atom. The summed E-state index contributed by atoms with van der Waals surface area (Å²) in [6.45, 7) is 7.95. The van der Waals surface area contributed by atoms with Crippen molar-refractivity contribution in [3.05, 3.63) is 18.4 Å². The summed E-state index contributed by atoms with van der Waals surface area (Å²) in [5.74, 6) is 1.56. The van der Waals surface area contributed by atoms with Crippen molar-refractivity contribution >= 4 is 5.91 Å². The standard InChI is InChI=1S/C13H21NO/c1-4-5-13(15)14-12-8-6-11(7-9-12)10(2)3/h5,10-12H,1,6-9H2,2-3H3,(H,14,15). The minimum atomic E-state index is -0.0574. The number of carbonyl (C=O) groups excluding carboxylic acids is 1. The van der Waals surface area contributed by atoms with Gasteiger partial charge in [0.25, 0.3) is 5.91 Å². The summed E-state index contributed by atoms with van der Waals surface area (Å²) in [6.07, 6.45) is 6.06. The van der Waals surface area contributed by atoms with Gasteiger partial charge in [-0.3, -0.25) is 4.79 Å². The van der Waals surface area contributed by atoms with E-state index >= 15 is 0 Å². The molecule has 1 amide bonds. The average Bonchev–Trinajstić information content (AvgIpc) is 2.18. The van der Waals surface area contributed by atoms with Gasteiger partial charge in [-0.25, -0.2) is 0 Å². The highest BCUT2D eigenvalue weighted by Gasteiger charge is 2.23. The number of carbonyl (C=O) groups is 1. The van der Waals surface area contributed by atoms with Crippen molar-refractivity contribution in [2.24, 2.45) is 11.8 Å². The summed E-state index contributed by atoms with van der Waals surface area (Å²) in [7, 11) is 0. The van der Waals surface area contributed by atoms with Gasteiger partial charge in [0, 0.05) is 12.1 Å². The fourth-order valence-corrected chi connectivity index (χ4v) is 2.27. The molecular formula is C13H21NO. The molecule has 84 valence electrons. The first-order valence-electron chi connectivity index (χ1n) is 5.79. The van der Waals surface area contributed by atoms with Crippen molar-refractivity contribution < 1.29 is 4.79 Å². The van der Waals surface area contributed by atoms with Gasteiger partial charge in [0.05, 0.1) is 0 Å². The average molecular weight is 207 g/mol. The number of nitrogens with one attached hydrogen (secondary N) is 1.